The Labute approximate surface area is 181 Å². The molecule has 0 aliphatic heterocycles. The molecule has 0 aliphatic rings. The fraction of sp³-hybridized carbons (Fsp3) is 0.120. The van der Waals surface area contributed by atoms with Gasteiger partial charge in [0, 0.05) is 31.5 Å². The Morgan fingerprint density at radius 1 is 0.900 bits per heavy atom. The molecule has 0 N–H and O–H groups in total. The van der Waals surface area contributed by atoms with Gasteiger partial charge in [0.25, 0.3) is 0 Å². The summed E-state index contributed by atoms with van der Waals surface area (Å²) in [5.74, 6) is 1.48. The van der Waals surface area contributed by atoms with Gasteiger partial charge in [0.1, 0.15) is 6.61 Å². The summed E-state index contributed by atoms with van der Waals surface area (Å²) in [6, 6.07) is 20.7. The van der Waals surface area contributed by atoms with Crippen molar-refractivity contribution in [1.29, 1.82) is 0 Å². The molecular formula is C25H21ClN2O2. The number of pyridine rings is 3. The number of methoxy groups -OCH3 is 1. The zero-order valence-corrected chi connectivity index (χ0v) is 17.6. The molecule has 0 radical (unpaired) electrons. The van der Waals surface area contributed by atoms with Gasteiger partial charge in [0.15, 0.2) is 23.4 Å². The number of nitrogens with zero attached hydrogens (tertiary/aromatic N) is 2. The van der Waals surface area contributed by atoms with Gasteiger partial charge in [-0.1, -0.05) is 30.3 Å². The van der Waals surface area contributed by atoms with E-state index in [4.69, 9.17) is 9.47 Å². The molecule has 2 aromatic carbocycles. The van der Waals surface area contributed by atoms with Crippen LogP contribution in [0, 0.1) is 6.92 Å². The highest BCUT2D eigenvalue weighted by molar-refractivity contribution is 5.99. The molecule has 30 heavy (non-hydrogen) atoms. The highest BCUT2D eigenvalue weighted by Gasteiger charge is 2.17. The molecule has 3 heterocycles. The van der Waals surface area contributed by atoms with Crippen LogP contribution in [0.15, 0.2) is 79.3 Å². The molecule has 0 unspecified atom stereocenters. The summed E-state index contributed by atoms with van der Waals surface area (Å²) in [7, 11) is 1.68. The Balaban J connectivity index is 0.00000218. The van der Waals surface area contributed by atoms with E-state index in [1.807, 2.05) is 36.7 Å². The van der Waals surface area contributed by atoms with Crippen molar-refractivity contribution in [3.05, 3.63) is 90.5 Å². The molecule has 5 aromatic rings. The molecule has 5 rings (SSSR count). The van der Waals surface area contributed by atoms with Crippen LogP contribution in [0.2, 0.25) is 0 Å². The van der Waals surface area contributed by atoms with Crippen molar-refractivity contribution in [1.82, 2.24) is 4.98 Å². The van der Waals surface area contributed by atoms with Gasteiger partial charge < -0.3 is 21.9 Å². The van der Waals surface area contributed by atoms with Crippen molar-refractivity contribution in [2.75, 3.05) is 7.11 Å². The van der Waals surface area contributed by atoms with Crippen LogP contribution in [0.5, 0.6) is 11.5 Å². The van der Waals surface area contributed by atoms with Crippen LogP contribution >= 0.6 is 0 Å². The lowest BCUT2D eigenvalue weighted by molar-refractivity contribution is -0.516. The predicted octanol–water partition coefficient (Wildman–Crippen LogP) is 2.03. The first-order valence-corrected chi connectivity index (χ1v) is 9.61. The number of hydrogen-bond acceptors (Lipinski definition) is 3. The molecule has 0 amide bonds. The molecule has 4 nitrogen and oxygen atoms in total. The average Bonchev–Trinajstić information content (AvgIpc) is 2.78. The van der Waals surface area contributed by atoms with Crippen molar-refractivity contribution in [2.24, 2.45) is 0 Å². The SMILES string of the molecule is COc1cc2cc[n+]3c(C)c4cnccc4cc3c2cc1OCc1ccccc1.[Cl-]. The molecule has 3 aromatic heterocycles. The van der Waals surface area contributed by atoms with Gasteiger partial charge in [0.05, 0.1) is 17.9 Å². The fourth-order valence-electron chi connectivity index (χ4n) is 3.86. The molecule has 0 bridgehead atoms. The van der Waals surface area contributed by atoms with E-state index in [2.05, 4.69) is 58.9 Å². The van der Waals surface area contributed by atoms with E-state index in [-0.39, 0.29) is 12.4 Å². The van der Waals surface area contributed by atoms with E-state index >= 15 is 0 Å². The van der Waals surface area contributed by atoms with E-state index in [1.54, 1.807) is 7.11 Å². The first kappa shape index (κ1) is 19.9. The summed E-state index contributed by atoms with van der Waals surface area (Å²) >= 11 is 0. The number of aromatic nitrogens is 2. The van der Waals surface area contributed by atoms with Crippen LogP contribution in [0.1, 0.15) is 11.3 Å². The van der Waals surface area contributed by atoms with Crippen molar-refractivity contribution in [3.63, 3.8) is 0 Å². The Kier molecular flexibility index (Phi) is 5.42. The largest absolute Gasteiger partial charge is 1.00 e. The summed E-state index contributed by atoms with van der Waals surface area (Å²) in [6.07, 6.45) is 5.86. The highest BCUT2D eigenvalue weighted by atomic mass is 35.5. The van der Waals surface area contributed by atoms with Gasteiger partial charge in [-0.25, -0.2) is 0 Å². The standard InChI is InChI=1S/C25H21N2O2.ClH/c1-17-22-15-26-10-8-19(22)12-23-21-14-25(29-16-18-6-4-3-5-7-18)24(28-2)13-20(21)9-11-27(17)23;/h3-15H,16H2,1-2H3;1H/q+1;/p-1. The number of rotatable bonds is 4. The first-order valence-electron chi connectivity index (χ1n) is 9.61. The second-order valence-corrected chi connectivity index (χ2v) is 7.13. The molecule has 150 valence electrons. The number of aryl methyl sites for hydroxylation is 1. The van der Waals surface area contributed by atoms with Crippen molar-refractivity contribution < 1.29 is 26.3 Å². The van der Waals surface area contributed by atoms with Crippen LogP contribution in [0.4, 0.5) is 0 Å². The van der Waals surface area contributed by atoms with E-state index in [0.717, 1.165) is 44.4 Å². The maximum atomic E-state index is 6.14. The summed E-state index contributed by atoms with van der Waals surface area (Å²) < 4.78 is 14.0. The first-order chi connectivity index (χ1) is 14.2. The minimum atomic E-state index is 0. The van der Waals surface area contributed by atoms with Crippen molar-refractivity contribution >= 4 is 27.1 Å². The zero-order chi connectivity index (χ0) is 19.8. The van der Waals surface area contributed by atoms with E-state index in [1.165, 1.54) is 5.39 Å². The summed E-state index contributed by atoms with van der Waals surface area (Å²) in [4.78, 5) is 4.28. The van der Waals surface area contributed by atoms with Crippen LogP contribution < -0.4 is 26.3 Å². The zero-order valence-electron chi connectivity index (χ0n) is 16.8. The number of hydrogen-bond donors (Lipinski definition) is 0. The maximum absolute atomic E-state index is 6.14. The summed E-state index contributed by atoms with van der Waals surface area (Å²) in [5, 5.41) is 4.56. The van der Waals surface area contributed by atoms with E-state index < -0.39 is 0 Å². The number of ether oxygens (including phenoxy) is 2. The van der Waals surface area contributed by atoms with Crippen molar-refractivity contribution in [3.8, 4) is 11.5 Å². The highest BCUT2D eigenvalue weighted by Crippen LogP contribution is 2.34. The third-order valence-electron chi connectivity index (χ3n) is 5.41. The van der Waals surface area contributed by atoms with Gasteiger partial charge in [-0.3, -0.25) is 4.98 Å². The van der Waals surface area contributed by atoms with Crippen LogP contribution in [0.25, 0.3) is 27.1 Å². The Morgan fingerprint density at radius 2 is 1.70 bits per heavy atom. The molecule has 0 saturated carbocycles. The summed E-state index contributed by atoms with van der Waals surface area (Å²) in [6.45, 7) is 2.62. The van der Waals surface area contributed by atoms with E-state index in [0.29, 0.717) is 6.61 Å². The molecular weight excluding hydrogens is 396 g/mol. The minimum absolute atomic E-state index is 0. The second-order valence-electron chi connectivity index (χ2n) is 7.13. The lowest BCUT2D eigenvalue weighted by atomic mass is 10.1. The Morgan fingerprint density at radius 3 is 2.50 bits per heavy atom. The number of halogens is 1. The van der Waals surface area contributed by atoms with Gasteiger partial charge >= 0.3 is 0 Å². The third kappa shape index (κ3) is 3.40. The monoisotopic (exact) mass is 416 g/mol. The molecule has 0 fully saturated rings. The fourth-order valence-corrected chi connectivity index (χ4v) is 3.86. The predicted molar refractivity (Wildman–Crippen MR) is 114 cm³/mol. The average molecular weight is 417 g/mol. The molecule has 0 atom stereocenters. The molecule has 5 heteroatoms. The number of benzene rings is 2. The van der Waals surface area contributed by atoms with Gasteiger partial charge in [-0.2, -0.15) is 4.40 Å². The molecule has 0 saturated heterocycles. The lowest BCUT2D eigenvalue weighted by Crippen LogP contribution is -3.00. The van der Waals surface area contributed by atoms with Crippen LogP contribution in [0.3, 0.4) is 0 Å². The number of fused-ring (bicyclic) bond motifs is 4. The maximum Gasteiger partial charge on any atom is 0.219 e. The normalized spacial score (nSPS) is 10.9. The van der Waals surface area contributed by atoms with Crippen LogP contribution in [-0.4, -0.2) is 12.1 Å². The van der Waals surface area contributed by atoms with Gasteiger partial charge in [-0.15, -0.1) is 0 Å². The topological polar surface area (TPSA) is 35.5 Å². The summed E-state index contributed by atoms with van der Waals surface area (Å²) in [5.41, 5.74) is 3.41. The second kappa shape index (κ2) is 8.17. The molecule has 0 spiro atoms. The molecule has 0 aliphatic carbocycles. The quantitative estimate of drug-likeness (QED) is 0.255. The van der Waals surface area contributed by atoms with Gasteiger partial charge in [0.2, 0.25) is 5.52 Å². The van der Waals surface area contributed by atoms with Gasteiger partial charge in [-0.05, 0) is 34.5 Å². The third-order valence-corrected chi connectivity index (χ3v) is 5.41. The Bertz CT molecular complexity index is 1350. The van der Waals surface area contributed by atoms with E-state index in [9.17, 15) is 0 Å². The van der Waals surface area contributed by atoms with Crippen molar-refractivity contribution in [2.45, 2.75) is 13.5 Å². The smallest absolute Gasteiger partial charge is 0.219 e. The lowest BCUT2D eigenvalue weighted by Gasteiger charge is -2.12. The minimum Gasteiger partial charge on any atom is -1.00 e. The Hall–Kier alpha value is -3.37. The van der Waals surface area contributed by atoms with Crippen LogP contribution in [-0.2, 0) is 6.61 Å².